The second kappa shape index (κ2) is 12.1. The fourth-order valence-corrected chi connectivity index (χ4v) is 3.35. The number of carbonyl (C=O) groups excluding carboxylic acids is 2. The van der Waals surface area contributed by atoms with Crippen molar-refractivity contribution in [2.45, 2.75) is 6.92 Å². The fraction of sp³-hybridized carbons (Fsp3) is 0.172. The topological polar surface area (TPSA) is 71.1 Å². The van der Waals surface area contributed by atoms with Crippen LogP contribution in [0.5, 0.6) is 17.2 Å². The van der Waals surface area contributed by atoms with Crippen molar-refractivity contribution in [3.63, 3.8) is 0 Å². The molecular formula is C29H26O6. The van der Waals surface area contributed by atoms with Gasteiger partial charge in [0.05, 0.1) is 27.9 Å². The molecule has 6 nitrogen and oxygen atoms in total. The molecule has 0 unspecified atom stereocenters. The zero-order valence-corrected chi connectivity index (χ0v) is 20.1. The van der Waals surface area contributed by atoms with Gasteiger partial charge in [-0.05, 0) is 48.9 Å². The number of benzene rings is 3. The molecule has 0 aromatic heterocycles. The van der Waals surface area contributed by atoms with Gasteiger partial charge in [-0.1, -0.05) is 48.2 Å². The fourth-order valence-electron chi connectivity index (χ4n) is 3.35. The Kier molecular flexibility index (Phi) is 8.69. The van der Waals surface area contributed by atoms with Crippen molar-refractivity contribution in [1.29, 1.82) is 0 Å². The minimum absolute atomic E-state index is 0.119. The number of carbonyl (C=O) groups is 2. The lowest BCUT2D eigenvalue weighted by molar-refractivity contribution is -0.137. The highest BCUT2D eigenvalue weighted by Gasteiger charge is 2.25. The van der Waals surface area contributed by atoms with Crippen LogP contribution >= 0.6 is 0 Å². The van der Waals surface area contributed by atoms with Crippen molar-refractivity contribution in [2.75, 3.05) is 27.9 Å². The Morgan fingerprint density at radius 1 is 0.829 bits per heavy atom. The quantitative estimate of drug-likeness (QED) is 0.116. The Labute approximate surface area is 205 Å². The molecule has 35 heavy (non-hydrogen) atoms. The minimum Gasteiger partial charge on any atom is -0.493 e. The summed E-state index contributed by atoms with van der Waals surface area (Å²) in [6, 6.07) is 19.8. The number of Topliss-reactive ketones (excluding diaryl/α,β-unsaturated/α-hetero) is 1. The van der Waals surface area contributed by atoms with Crippen LogP contribution in [0.4, 0.5) is 0 Å². The smallest absolute Gasteiger partial charge is 0.342 e. The van der Waals surface area contributed by atoms with Gasteiger partial charge in [0.2, 0.25) is 11.5 Å². The van der Waals surface area contributed by atoms with Gasteiger partial charge < -0.3 is 18.9 Å². The summed E-state index contributed by atoms with van der Waals surface area (Å²) in [5.74, 6) is 5.88. The van der Waals surface area contributed by atoms with Crippen molar-refractivity contribution in [2.24, 2.45) is 0 Å². The molecule has 0 heterocycles. The maximum absolute atomic E-state index is 13.5. The van der Waals surface area contributed by atoms with E-state index in [0.717, 1.165) is 5.56 Å². The Morgan fingerprint density at radius 3 is 2.06 bits per heavy atom. The molecule has 0 fully saturated rings. The van der Waals surface area contributed by atoms with Gasteiger partial charge in [0.15, 0.2) is 11.5 Å². The highest BCUT2D eigenvalue weighted by molar-refractivity contribution is 6.27. The van der Waals surface area contributed by atoms with Gasteiger partial charge in [0, 0.05) is 16.7 Å². The third-order valence-corrected chi connectivity index (χ3v) is 5.04. The van der Waals surface area contributed by atoms with Crippen molar-refractivity contribution in [3.8, 4) is 29.1 Å². The summed E-state index contributed by atoms with van der Waals surface area (Å²) >= 11 is 0. The molecule has 0 bridgehead atoms. The molecule has 6 heteroatoms. The first-order valence-electron chi connectivity index (χ1n) is 10.9. The number of rotatable bonds is 8. The Bertz CT molecular complexity index is 1270. The lowest BCUT2D eigenvalue weighted by atomic mass is 9.98. The van der Waals surface area contributed by atoms with E-state index in [1.54, 1.807) is 13.0 Å². The normalized spacial score (nSPS) is 10.6. The SMILES string of the molecule is CCOC(=O)/C(=C/c1ccccc1C#Cc1ccccc1)C(=O)c1cc(OC)c(OC)c(OC)c1. The maximum Gasteiger partial charge on any atom is 0.342 e. The molecule has 0 atom stereocenters. The van der Waals surface area contributed by atoms with E-state index >= 15 is 0 Å². The van der Waals surface area contributed by atoms with Crippen LogP contribution in [0.2, 0.25) is 0 Å². The minimum atomic E-state index is -0.739. The van der Waals surface area contributed by atoms with E-state index in [4.69, 9.17) is 18.9 Å². The van der Waals surface area contributed by atoms with Crippen molar-refractivity contribution in [1.82, 2.24) is 0 Å². The van der Waals surface area contributed by atoms with E-state index in [-0.39, 0.29) is 17.7 Å². The van der Waals surface area contributed by atoms with Crippen LogP contribution in [0.25, 0.3) is 6.08 Å². The molecule has 0 aliphatic carbocycles. The molecule has 0 radical (unpaired) electrons. The second-order valence-corrected chi connectivity index (χ2v) is 7.22. The molecule has 3 aromatic rings. The Morgan fingerprint density at radius 2 is 1.46 bits per heavy atom. The van der Waals surface area contributed by atoms with E-state index < -0.39 is 11.8 Å². The van der Waals surface area contributed by atoms with Crippen LogP contribution in [0.1, 0.15) is 34.0 Å². The Balaban J connectivity index is 2.11. The van der Waals surface area contributed by atoms with Gasteiger partial charge in [-0.15, -0.1) is 0 Å². The number of ether oxygens (including phenoxy) is 4. The predicted molar refractivity (Wildman–Crippen MR) is 134 cm³/mol. The first kappa shape index (κ1) is 25.1. The van der Waals surface area contributed by atoms with E-state index in [2.05, 4.69) is 11.8 Å². The molecule has 0 saturated carbocycles. The summed E-state index contributed by atoms with van der Waals surface area (Å²) in [7, 11) is 4.38. The molecule has 0 aliphatic heterocycles. The Hall–Kier alpha value is -4.50. The van der Waals surface area contributed by atoms with Crippen LogP contribution in [-0.4, -0.2) is 39.7 Å². The largest absolute Gasteiger partial charge is 0.493 e. The second-order valence-electron chi connectivity index (χ2n) is 7.22. The first-order chi connectivity index (χ1) is 17.0. The van der Waals surface area contributed by atoms with Crippen LogP contribution in [-0.2, 0) is 9.53 Å². The van der Waals surface area contributed by atoms with E-state index in [1.807, 2.05) is 48.5 Å². The number of ketones is 1. The third-order valence-electron chi connectivity index (χ3n) is 5.04. The van der Waals surface area contributed by atoms with Crippen LogP contribution in [0, 0.1) is 11.8 Å². The average Bonchev–Trinajstić information content (AvgIpc) is 2.90. The van der Waals surface area contributed by atoms with E-state index in [9.17, 15) is 9.59 Å². The molecule has 0 amide bonds. The highest BCUT2D eigenvalue weighted by Crippen LogP contribution is 2.38. The van der Waals surface area contributed by atoms with Gasteiger partial charge in [-0.3, -0.25) is 4.79 Å². The molecule has 3 aromatic carbocycles. The van der Waals surface area contributed by atoms with E-state index in [0.29, 0.717) is 28.4 Å². The van der Waals surface area contributed by atoms with Crippen molar-refractivity contribution < 1.29 is 28.5 Å². The number of hydrogen-bond acceptors (Lipinski definition) is 6. The molecule has 0 saturated heterocycles. The molecule has 0 aliphatic rings. The number of methoxy groups -OCH3 is 3. The highest BCUT2D eigenvalue weighted by atomic mass is 16.5. The summed E-state index contributed by atoms with van der Waals surface area (Å²) in [5, 5.41) is 0. The molecule has 0 spiro atoms. The van der Waals surface area contributed by atoms with Crippen LogP contribution in [0.3, 0.4) is 0 Å². The zero-order chi connectivity index (χ0) is 25.2. The lowest BCUT2D eigenvalue weighted by Crippen LogP contribution is -2.16. The van der Waals surface area contributed by atoms with Gasteiger partial charge in [-0.25, -0.2) is 4.79 Å². The first-order valence-corrected chi connectivity index (χ1v) is 10.9. The summed E-state index contributed by atoms with van der Waals surface area (Å²) < 4.78 is 21.2. The monoisotopic (exact) mass is 470 g/mol. The van der Waals surface area contributed by atoms with Gasteiger partial charge in [0.25, 0.3) is 0 Å². The molecule has 3 rings (SSSR count). The lowest BCUT2D eigenvalue weighted by Gasteiger charge is -2.14. The summed E-state index contributed by atoms with van der Waals surface area (Å²) in [4.78, 5) is 26.4. The van der Waals surface area contributed by atoms with E-state index in [1.165, 1.54) is 39.5 Å². The predicted octanol–water partition coefficient (Wildman–Crippen LogP) is 4.94. The third kappa shape index (κ3) is 6.10. The molecule has 0 N–H and O–H groups in total. The zero-order valence-electron chi connectivity index (χ0n) is 20.1. The van der Waals surface area contributed by atoms with Crippen LogP contribution < -0.4 is 14.2 Å². The number of hydrogen-bond donors (Lipinski definition) is 0. The standard InChI is InChI=1S/C29H26O6/c1-5-35-29(31)24(27(30)23-18-25(32-2)28(34-4)26(19-23)33-3)17-22-14-10-9-13-21(22)16-15-20-11-7-6-8-12-20/h6-14,17-19H,5H2,1-4H3/b24-17+. The van der Waals surface area contributed by atoms with Crippen molar-refractivity contribution in [3.05, 3.63) is 94.6 Å². The van der Waals surface area contributed by atoms with Gasteiger partial charge >= 0.3 is 5.97 Å². The number of esters is 1. The molecule has 178 valence electrons. The molecular weight excluding hydrogens is 444 g/mol. The summed E-state index contributed by atoms with van der Waals surface area (Å²) in [6.45, 7) is 1.80. The maximum atomic E-state index is 13.5. The summed E-state index contributed by atoms with van der Waals surface area (Å²) in [5.41, 5.74) is 2.17. The summed E-state index contributed by atoms with van der Waals surface area (Å²) in [6.07, 6.45) is 1.50. The van der Waals surface area contributed by atoms with Crippen LogP contribution in [0.15, 0.2) is 72.3 Å². The van der Waals surface area contributed by atoms with Gasteiger partial charge in [0.1, 0.15) is 5.57 Å². The van der Waals surface area contributed by atoms with Gasteiger partial charge in [-0.2, -0.15) is 0 Å². The average molecular weight is 471 g/mol. The van der Waals surface area contributed by atoms with Crippen molar-refractivity contribution >= 4 is 17.8 Å².